The molecule has 0 saturated heterocycles. The predicted octanol–water partition coefficient (Wildman–Crippen LogP) is 5.22. The summed E-state index contributed by atoms with van der Waals surface area (Å²) in [5.74, 6) is -1.13. The lowest BCUT2D eigenvalue weighted by atomic mass is 9.99. The first kappa shape index (κ1) is 25.0. The van der Waals surface area contributed by atoms with Gasteiger partial charge in [0.15, 0.2) is 5.78 Å². The monoisotopic (exact) mass is 494 g/mol. The van der Waals surface area contributed by atoms with Crippen LogP contribution in [0.5, 0.6) is 0 Å². The van der Waals surface area contributed by atoms with E-state index in [-0.39, 0.29) is 12.2 Å². The second-order valence-electron chi connectivity index (χ2n) is 7.31. The molecule has 2 N–H and O–H groups in total. The number of amides is 2. The lowest BCUT2D eigenvalue weighted by molar-refractivity contribution is -0.125. The normalized spacial score (nSPS) is 12.3. The van der Waals surface area contributed by atoms with E-state index in [1.165, 1.54) is 6.92 Å². The number of Topliss-reactive ketones (excluding diaryl/α,β-unsaturated/α-hetero) is 1. The Balaban J connectivity index is 2.01. The third-order valence-electron chi connectivity index (χ3n) is 4.81. The number of carbonyl (C=O) groups excluding carboxylic acids is 3. The summed E-state index contributed by atoms with van der Waals surface area (Å²) < 4.78 is 0.843. The van der Waals surface area contributed by atoms with E-state index >= 15 is 0 Å². The third-order valence-corrected chi connectivity index (χ3v) is 5.53. The van der Waals surface area contributed by atoms with Gasteiger partial charge in [-0.25, -0.2) is 0 Å². The van der Waals surface area contributed by atoms with E-state index in [4.69, 9.17) is 0 Å². The van der Waals surface area contributed by atoms with Crippen molar-refractivity contribution in [3.63, 3.8) is 0 Å². The Bertz CT molecular complexity index is 1070. The van der Waals surface area contributed by atoms with E-state index in [0.29, 0.717) is 11.3 Å². The number of ketones is 1. The number of hydrogen-bond donors (Lipinski definition) is 2. The standard InChI is InChI=1S/C26H27BrN2O3/c1-5-22(27)15-10-18(3)28-25(31)16-24(19(4)30)29-26(32)21-13-11-20(12-14-21)23-9-7-6-8-17(23)2/h5-15,24H,3,16H2,1-2,4H3,(H,28,31)(H,29,32)/b15-10-,22-5+. The van der Waals surface area contributed by atoms with Crippen molar-refractivity contribution in [2.24, 2.45) is 0 Å². The molecule has 2 aromatic carbocycles. The minimum absolute atomic E-state index is 0.181. The molecule has 32 heavy (non-hydrogen) atoms. The number of allylic oxidation sites excluding steroid dienone is 4. The Labute approximate surface area is 197 Å². The van der Waals surface area contributed by atoms with Gasteiger partial charge in [0.2, 0.25) is 5.91 Å². The second kappa shape index (κ2) is 12.0. The summed E-state index contributed by atoms with van der Waals surface area (Å²) in [6.45, 7) is 9.00. The van der Waals surface area contributed by atoms with E-state index in [9.17, 15) is 14.4 Å². The number of nitrogens with one attached hydrogen (secondary N) is 2. The summed E-state index contributed by atoms with van der Waals surface area (Å²) >= 11 is 3.33. The average Bonchev–Trinajstić information content (AvgIpc) is 2.77. The Hall–Kier alpha value is -3.25. The molecule has 0 bridgehead atoms. The van der Waals surface area contributed by atoms with E-state index in [1.807, 2.05) is 56.3 Å². The quantitative estimate of drug-likeness (QED) is 0.469. The number of rotatable bonds is 9. The minimum atomic E-state index is -0.933. The van der Waals surface area contributed by atoms with Gasteiger partial charge in [-0.2, -0.15) is 0 Å². The summed E-state index contributed by atoms with van der Waals surface area (Å²) in [5.41, 5.74) is 4.03. The largest absolute Gasteiger partial charge is 0.342 e. The zero-order valence-corrected chi connectivity index (χ0v) is 20.0. The van der Waals surface area contributed by atoms with E-state index in [2.05, 4.69) is 33.1 Å². The first-order valence-electron chi connectivity index (χ1n) is 10.2. The van der Waals surface area contributed by atoms with Gasteiger partial charge in [0.25, 0.3) is 5.91 Å². The topological polar surface area (TPSA) is 75.3 Å². The van der Waals surface area contributed by atoms with Gasteiger partial charge >= 0.3 is 0 Å². The molecule has 0 radical (unpaired) electrons. The van der Waals surface area contributed by atoms with Crippen LogP contribution in [-0.2, 0) is 9.59 Å². The third kappa shape index (κ3) is 7.46. The maximum Gasteiger partial charge on any atom is 0.251 e. The molecule has 6 heteroatoms. The van der Waals surface area contributed by atoms with Crippen LogP contribution in [0.3, 0.4) is 0 Å². The molecule has 0 aliphatic heterocycles. The van der Waals surface area contributed by atoms with Gasteiger partial charge in [-0.3, -0.25) is 14.4 Å². The van der Waals surface area contributed by atoms with E-state index in [0.717, 1.165) is 21.2 Å². The number of halogens is 1. The van der Waals surface area contributed by atoms with Gasteiger partial charge in [-0.05, 0) is 61.7 Å². The molecule has 0 saturated carbocycles. The molecule has 0 heterocycles. The number of carbonyl (C=O) groups is 3. The average molecular weight is 495 g/mol. The Morgan fingerprint density at radius 3 is 2.31 bits per heavy atom. The van der Waals surface area contributed by atoms with Crippen LogP contribution in [0.4, 0.5) is 0 Å². The minimum Gasteiger partial charge on any atom is -0.342 e. The van der Waals surface area contributed by atoms with Crippen LogP contribution in [0.1, 0.15) is 36.2 Å². The highest BCUT2D eigenvalue weighted by Gasteiger charge is 2.21. The van der Waals surface area contributed by atoms with Gasteiger partial charge in [0, 0.05) is 15.7 Å². The van der Waals surface area contributed by atoms with Crippen LogP contribution >= 0.6 is 15.9 Å². The van der Waals surface area contributed by atoms with Crippen molar-refractivity contribution in [3.05, 3.63) is 94.6 Å². The van der Waals surface area contributed by atoms with Crippen molar-refractivity contribution in [3.8, 4) is 11.1 Å². The molecule has 166 valence electrons. The van der Waals surface area contributed by atoms with Gasteiger partial charge in [0.05, 0.1) is 12.5 Å². The van der Waals surface area contributed by atoms with Crippen molar-refractivity contribution in [2.45, 2.75) is 33.2 Å². The highest BCUT2D eigenvalue weighted by molar-refractivity contribution is 9.11. The highest BCUT2D eigenvalue weighted by Crippen LogP contribution is 2.23. The molecular weight excluding hydrogens is 468 g/mol. The summed E-state index contributed by atoms with van der Waals surface area (Å²) in [5, 5.41) is 5.27. The van der Waals surface area contributed by atoms with E-state index in [1.54, 1.807) is 24.3 Å². The van der Waals surface area contributed by atoms with Crippen molar-refractivity contribution in [1.29, 1.82) is 0 Å². The van der Waals surface area contributed by atoms with Gasteiger partial charge in [0.1, 0.15) is 0 Å². The molecule has 1 atom stereocenters. The zero-order valence-electron chi connectivity index (χ0n) is 18.4. The fourth-order valence-electron chi connectivity index (χ4n) is 2.97. The molecule has 0 aromatic heterocycles. The second-order valence-corrected chi connectivity index (χ2v) is 8.23. The molecule has 0 spiro atoms. The van der Waals surface area contributed by atoms with Gasteiger partial charge in [-0.15, -0.1) is 0 Å². The lowest BCUT2D eigenvalue weighted by Gasteiger charge is -2.16. The van der Waals surface area contributed by atoms with Crippen LogP contribution in [0, 0.1) is 6.92 Å². The smallest absolute Gasteiger partial charge is 0.251 e. The van der Waals surface area contributed by atoms with Crippen LogP contribution in [-0.4, -0.2) is 23.6 Å². The molecular formula is C26H27BrN2O3. The molecule has 2 aromatic rings. The fraction of sp³-hybridized carbons (Fsp3) is 0.192. The highest BCUT2D eigenvalue weighted by atomic mass is 79.9. The lowest BCUT2D eigenvalue weighted by Crippen LogP contribution is -2.43. The first-order valence-corrected chi connectivity index (χ1v) is 11.0. The molecule has 5 nitrogen and oxygen atoms in total. The Kier molecular flexibility index (Phi) is 9.35. The number of hydrogen-bond acceptors (Lipinski definition) is 3. The number of aryl methyl sites for hydroxylation is 1. The summed E-state index contributed by atoms with van der Waals surface area (Å²) in [4.78, 5) is 37.0. The maximum atomic E-state index is 12.7. The number of benzene rings is 2. The van der Waals surface area contributed by atoms with Crippen LogP contribution in [0.15, 0.2) is 83.5 Å². The van der Waals surface area contributed by atoms with Gasteiger partial charge < -0.3 is 10.6 Å². The van der Waals surface area contributed by atoms with Crippen LogP contribution in [0.25, 0.3) is 11.1 Å². The fourth-order valence-corrected chi connectivity index (χ4v) is 3.10. The molecule has 0 aliphatic carbocycles. The molecule has 0 aliphatic rings. The first-order chi connectivity index (χ1) is 15.2. The SMILES string of the molecule is C=C(/C=C\C(Br)=C/C)NC(=O)CC(NC(=O)c1ccc(-c2ccccc2C)cc1)C(C)=O. The molecule has 2 amide bonds. The Morgan fingerprint density at radius 1 is 1.06 bits per heavy atom. The zero-order chi connectivity index (χ0) is 23.7. The summed E-state index contributed by atoms with van der Waals surface area (Å²) in [6.07, 6.45) is 5.05. The van der Waals surface area contributed by atoms with Gasteiger partial charge in [-0.1, -0.05) is 65.0 Å². The predicted molar refractivity (Wildman–Crippen MR) is 132 cm³/mol. The van der Waals surface area contributed by atoms with E-state index < -0.39 is 17.9 Å². The van der Waals surface area contributed by atoms with Crippen molar-refractivity contribution < 1.29 is 14.4 Å². The summed E-state index contributed by atoms with van der Waals surface area (Å²) in [6, 6.07) is 14.2. The van der Waals surface area contributed by atoms with Crippen LogP contribution < -0.4 is 10.6 Å². The van der Waals surface area contributed by atoms with Crippen LogP contribution in [0.2, 0.25) is 0 Å². The van der Waals surface area contributed by atoms with Crippen molar-refractivity contribution in [2.75, 3.05) is 0 Å². The maximum absolute atomic E-state index is 12.7. The van der Waals surface area contributed by atoms with Crippen molar-refractivity contribution >= 4 is 33.5 Å². The molecule has 1 unspecified atom stereocenters. The summed E-state index contributed by atoms with van der Waals surface area (Å²) in [7, 11) is 0. The Morgan fingerprint density at radius 2 is 1.72 bits per heavy atom. The van der Waals surface area contributed by atoms with Crippen molar-refractivity contribution in [1.82, 2.24) is 10.6 Å². The molecule has 2 rings (SSSR count). The molecule has 0 fully saturated rings.